The molecule has 2 aromatic rings. The van der Waals surface area contributed by atoms with E-state index < -0.39 is 17.8 Å². The van der Waals surface area contributed by atoms with E-state index in [1.807, 2.05) is 0 Å². The number of hydrogen-bond donors (Lipinski definition) is 2. The molecule has 0 aliphatic heterocycles. The standard InChI is InChI=1S/C12H12ClFN4O2/c13-9-2-1-3-10(14)8(9)6-18-5-7(16-17-18)4-11(15)12(19)20/h1-3,5,11H,4,6,15H2,(H,19,20). The van der Waals surface area contributed by atoms with E-state index in [2.05, 4.69) is 10.3 Å². The normalized spacial score (nSPS) is 12.3. The molecule has 8 heteroatoms. The maximum Gasteiger partial charge on any atom is 0.320 e. The van der Waals surface area contributed by atoms with Crippen molar-refractivity contribution in [2.75, 3.05) is 0 Å². The molecule has 0 aliphatic rings. The Morgan fingerprint density at radius 2 is 2.30 bits per heavy atom. The number of carbonyl (C=O) groups is 1. The molecule has 0 amide bonds. The van der Waals surface area contributed by atoms with Crippen molar-refractivity contribution in [2.45, 2.75) is 19.0 Å². The molecule has 0 saturated carbocycles. The van der Waals surface area contributed by atoms with Crippen molar-refractivity contribution < 1.29 is 14.3 Å². The SMILES string of the molecule is NC(Cc1cn(Cc2c(F)cccc2Cl)nn1)C(=O)O. The summed E-state index contributed by atoms with van der Waals surface area (Å²) in [6.07, 6.45) is 1.58. The molecule has 1 aromatic heterocycles. The molecule has 0 aliphatic carbocycles. The summed E-state index contributed by atoms with van der Waals surface area (Å²) in [7, 11) is 0. The van der Waals surface area contributed by atoms with Crippen LogP contribution in [0.15, 0.2) is 24.4 Å². The average molecular weight is 299 g/mol. The second-order valence-corrected chi connectivity index (χ2v) is 4.66. The summed E-state index contributed by atoms with van der Waals surface area (Å²) < 4.78 is 15.0. The van der Waals surface area contributed by atoms with Crippen molar-refractivity contribution >= 4 is 17.6 Å². The fourth-order valence-electron chi connectivity index (χ4n) is 1.67. The topological polar surface area (TPSA) is 94.0 Å². The van der Waals surface area contributed by atoms with Gasteiger partial charge in [-0.1, -0.05) is 22.9 Å². The molecule has 0 saturated heterocycles. The lowest BCUT2D eigenvalue weighted by atomic mass is 10.2. The first-order valence-electron chi connectivity index (χ1n) is 5.77. The maximum absolute atomic E-state index is 13.6. The fourth-order valence-corrected chi connectivity index (χ4v) is 1.89. The Morgan fingerprint density at radius 3 is 2.95 bits per heavy atom. The molecule has 1 unspecified atom stereocenters. The zero-order valence-corrected chi connectivity index (χ0v) is 11.1. The molecule has 106 valence electrons. The monoisotopic (exact) mass is 298 g/mol. The Morgan fingerprint density at radius 1 is 1.55 bits per heavy atom. The molecule has 6 nitrogen and oxygen atoms in total. The summed E-state index contributed by atoms with van der Waals surface area (Å²) in [6.45, 7) is 0.112. The first-order valence-corrected chi connectivity index (χ1v) is 6.15. The Bertz CT molecular complexity index is 611. The summed E-state index contributed by atoms with van der Waals surface area (Å²) in [5.74, 6) is -1.55. The van der Waals surface area contributed by atoms with Gasteiger partial charge in [0, 0.05) is 23.2 Å². The zero-order chi connectivity index (χ0) is 14.7. The van der Waals surface area contributed by atoms with Gasteiger partial charge in [0.05, 0.1) is 12.2 Å². The molecule has 20 heavy (non-hydrogen) atoms. The minimum Gasteiger partial charge on any atom is -0.480 e. The minimum absolute atomic E-state index is 0.0559. The van der Waals surface area contributed by atoms with Crippen LogP contribution in [0.2, 0.25) is 5.02 Å². The molecule has 0 fully saturated rings. The molecule has 3 N–H and O–H groups in total. The quantitative estimate of drug-likeness (QED) is 0.861. The lowest BCUT2D eigenvalue weighted by Crippen LogP contribution is -2.32. The van der Waals surface area contributed by atoms with Gasteiger partial charge in [0.25, 0.3) is 0 Å². The van der Waals surface area contributed by atoms with E-state index in [9.17, 15) is 9.18 Å². The third kappa shape index (κ3) is 3.31. The van der Waals surface area contributed by atoms with Gasteiger partial charge >= 0.3 is 5.97 Å². The van der Waals surface area contributed by atoms with Crippen LogP contribution in [0.25, 0.3) is 0 Å². The van der Waals surface area contributed by atoms with Crippen molar-refractivity contribution in [3.63, 3.8) is 0 Å². The molecule has 1 atom stereocenters. The minimum atomic E-state index is -1.11. The summed E-state index contributed by atoms with van der Waals surface area (Å²) in [4.78, 5) is 10.6. The Kier molecular flexibility index (Phi) is 4.31. The van der Waals surface area contributed by atoms with Crippen LogP contribution in [0.3, 0.4) is 0 Å². The third-order valence-electron chi connectivity index (χ3n) is 2.71. The Labute approximate surface area is 119 Å². The highest BCUT2D eigenvalue weighted by Gasteiger charge is 2.15. The first kappa shape index (κ1) is 14.4. The summed E-state index contributed by atoms with van der Waals surface area (Å²) in [5, 5.41) is 16.6. The van der Waals surface area contributed by atoms with Crippen molar-refractivity contribution in [2.24, 2.45) is 5.73 Å². The van der Waals surface area contributed by atoms with E-state index in [0.29, 0.717) is 16.3 Å². The van der Waals surface area contributed by atoms with E-state index in [1.54, 1.807) is 6.07 Å². The van der Waals surface area contributed by atoms with Gasteiger partial charge in [-0.3, -0.25) is 4.79 Å². The second kappa shape index (κ2) is 5.98. The largest absolute Gasteiger partial charge is 0.480 e. The van der Waals surface area contributed by atoms with Crippen LogP contribution < -0.4 is 5.73 Å². The molecule has 1 aromatic carbocycles. The van der Waals surface area contributed by atoms with Crippen LogP contribution in [0.5, 0.6) is 0 Å². The number of carboxylic acids is 1. The molecule has 2 rings (SSSR count). The van der Waals surface area contributed by atoms with Gasteiger partial charge in [0.1, 0.15) is 11.9 Å². The number of carboxylic acid groups (broad SMARTS) is 1. The van der Waals surface area contributed by atoms with Crippen molar-refractivity contribution in [1.82, 2.24) is 15.0 Å². The van der Waals surface area contributed by atoms with E-state index in [0.717, 1.165) is 0 Å². The van der Waals surface area contributed by atoms with E-state index in [-0.39, 0.29) is 13.0 Å². The number of aliphatic carboxylic acids is 1. The molecular formula is C12H12ClFN4O2. The van der Waals surface area contributed by atoms with Crippen LogP contribution in [0, 0.1) is 5.82 Å². The number of hydrogen-bond acceptors (Lipinski definition) is 4. The van der Waals surface area contributed by atoms with Crippen molar-refractivity contribution in [3.8, 4) is 0 Å². The van der Waals surface area contributed by atoms with Crippen LogP contribution in [0.4, 0.5) is 4.39 Å². The molecule has 0 spiro atoms. The highest BCUT2D eigenvalue weighted by Crippen LogP contribution is 2.19. The molecular weight excluding hydrogens is 287 g/mol. The molecule has 1 heterocycles. The van der Waals surface area contributed by atoms with Crippen LogP contribution in [0.1, 0.15) is 11.3 Å². The Balaban J connectivity index is 2.12. The number of aromatic nitrogens is 3. The van der Waals surface area contributed by atoms with Gasteiger partial charge in [-0.2, -0.15) is 0 Å². The van der Waals surface area contributed by atoms with Crippen LogP contribution >= 0.6 is 11.6 Å². The van der Waals surface area contributed by atoms with E-state index in [4.69, 9.17) is 22.4 Å². The number of halogens is 2. The number of rotatable bonds is 5. The van der Waals surface area contributed by atoms with Crippen molar-refractivity contribution in [3.05, 3.63) is 46.5 Å². The van der Waals surface area contributed by atoms with Gasteiger partial charge in [-0.05, 0) is 12.1 Å². The number of nitrogens with two attached hydrogens (primary N) is 1. The van der Waals surface area contributed by atoms with Gasteiger partial charge < -0.3 is 10.8 Å². The zero-order valence-electron chi connectivity index (χ0n) is 10.3. The van der Waals surface area contributed by atoms with Gasteiger partial charge in [0.15, 0.2) is 0 Å². The second-order valence-electron chi connectivity index (χ2n) is 4.26. The highest BCUT2D eigenvalue weighted by molar-refractivity contribution is 6.31. The Hall–Kier alpha value is -1.99. The summed E-state index contributed by atoms with van der Waals surface area (Å²) in [6, 6.07) is 3.36. The third-order valence-corrected chi connectivity index (χ3v) is 3.07. The van der Waals surface area contributed by atoms with Gasteiger partial charge in [0.2, 0.25) is 0 Å². The van der Waals surface area contributed by atoms with Gasteiger partial charge in [-0.25, -0.2) is 9.07 Å². The predicted molar refractivity (Wildman–Crippen MR) is 69.8 cm³/mol. The van der Waals surface area contributed by atoms with Crippen LogP contribution in [-0.4, -0.2) is 32.1 Å². The predicted octanol–water partition coefficient (Wildman–Crippen LogP) is 1.07. The van der Waals surface area contributed by atoms with Crippen molar-refractivity contribution in [1.29, 1.82) is 0 Å². The lowest BCUT2D eigenvalue weighted by Gasteiger charge is -2.05. The van der Waals surface area contributed by atoms with Gasteiger partial charge in [-0.15, -0.1) is 5.10 Å². The van der Waals surface area contributed by atoms with Crippen LogP contribution in [-0.2, 0) is 17.8 Å². The van der Waals surface area contributed by atoms with E-state index >= 15 is 0 Å². The smallest absolute Gasteiger partial charge is 0.320 e. The summed E-state index contributed by atoms with van der Waals surface area (Å²) >= 11 is 5.91. The maximum atomic E-state index is 13.6. The average Bonchev–Trinajstić information content (AvgIpc) is 2.81. The highest BCUT2D eigenvalue weighted by atomic mass is 35.5. The number of benzene rings is 1. The summed E-state index contributed by atoms with van der Waals surface area (Å²) in [5.41, 5.74) is 6.12. The fraction of sp³-hybridized carbons (Fsp3) is 0.250. The first-order chi connectivity index (χ1) is 9.47. The molecule has 0 bridgehead atoms. The number of nitrogens with zero attached hydrogens (tertiary/aromatic N) is 3. The lowest BCUT2D eigenvalue weighted by molar-refractivity contribution is -0.138. The molecule has 0 radical (unpaired) electrons. The van der Waals surface area contributed by atoms with E-state index in [1.165, 1.54) is 23.0 Å².